The van der Waals surface area contributed by atoms with Crippen LogP contribution in [0.4, 0.5) is 17.6 Å². The van der Waals surface area contributed by atoms with E-state index in [1.54, 1.807) is 0 Å². The number of benzene rings is 2. The molecule has 1 aliphatic rings. The van der Waals surface area contributed by atoms with Crippen LogP contribution in [0.25, 0.3) is 6.08 Å². The molecule has 0 aliphatic carbocycles. The van der Waals surface area contributed by atoms with Gasteiger partial charge in [0.15, 0.2) is 0 Å². The molecule has 0 fully saturated rings. The van der Waals surface area contributed by atoms with Crippen molar-refractivity contribution in [3.63, 3.8) is 0 Å². The Morgan fingerprint density at radius 1 is 1.22 bits per heavy atom. The summed E-state index contributed by atoms with van der Waals surface area (Å²) >= 11 is 9.23. The first-order valence-corrected chi connectivity index (χ1v) is 8.38. The van der Waals surface area contributed by atoms with Gasteiger partial charge in [0.1, 0.15) is 23.1 Å². The van der Waals surface area contributed by atoms with Crippen LogP contribution in [0.3, 0.4) is 0 Å². The number of ether oxygens (including phenoxy) is 2. The first-order chi connectivity index (χ1) is 12.6. The maximum atomic E-state index is 13.4. The molecule has 0 bridgehead atoms. The van der Waals surface area contributed by atoms with E-state index < -0.39 is 29.6 Å². The number of fused-ring (bicyclic) bond motifs is 1. The summed E-state index contributed by atoms with van der Waals surface area (Å²) in [5.74, 6) is -2.67. The number of carboxylic acids is 1. The fourth-order valence-corrected chi connectivity index (χ4v) is 2.91. The van der Waals surface area contributed by atoms with Crippen LogP contribution in [0.15, 0.2) is 40.4 Å². The summed E-state index contributed by atoms with van der Waals surface area (Å²) < 4.78 is 63.5. The normalized spacial score (nSPS) is 16.2. The zero-order valence-electron chi connectivity index (χ0n) is 13.0. The van der Waals surface area contributed by atoms with Gasteiger partial charge >= 0.3 is 12.1 Å². The topological polar surface area (TPSA) is 55.8 Å². The van der Waals surface area contributed by atoms with E-state index in [0.29, 0.717) is 4.47 Å². The first-order valence-electron chi connectivity index (χ1n) is 7.21. The minimum absolute atomic E-state index is 0.0278. The molecule has 4 nitrogen and oxygen atoms in total. The van der Waals surface area contributed by atoms with Gasteiger partial charge in [0.05, 0.1) is 15.1 Å². The average molecular weight is 468 g/mol. The molecule has 2 aromatic carbocycles. The van der Waals surface area contributed by atoms with Crippen LogP contribution in [0.2, 0.25) is 5.02 Å². The Morgan fingerprint density at radius 3 is 2.56 bits per heavy atom. The van der Waals surface area contributed by atoms with Crippen molar-refractivity contribution in [3.05, 3.63) is 56.8 Å². The average Bonchev–Trinajstić information content (AvgIpc) is 2.56. The van der Waals surface area contributed by atoms with Crippen molar-refractivity contribution in [1.29, 1.82) is 0 Å². The molecule has 1 N–H and O–H groups in total. The zero-order chi connectivity index (χ0) is 19.9. The van der Waals surface area contributed by atoms with Crippen molar-refractivity contribution in [2.75, 3.05) is 0 Å². The van der Waals surface area contributed by atoms with E-state index in [4.69, 9.17) is 26.2 Å². The fraction of sp³-hybridized carbons (Fsp3) is 0.118. The second-order valence-corrected chi connectivity index (χ2v) is 6.70. The van der Waals surface area contributed by atoms with E-state index in [9.17, 15) is 22.4 Å². The number of alkyl halides is 3. The molecular weight excluding hydrogens is 460 g/mol. The highest BCUT2D eigenvalue weighted by Crippen LogP contribution is 2.43. The van der Waals surface area contributed by atoms with Gasteiger partial charge in [-0.25, -0.2) is 9.18 Å². The van der Waals surface area contributed by atoms with Crippen molar-refractivity contribution in [1.82, 2.24) is 0 Å². The Kier molecular flexibility index (Phi) is 5.09. The summed E-state index contributed by atoms with van der Waals surface area (Å²) in [5.41, 5.74) is -0.920. The van der Waals surface area contributed by atoms with E-state index in [2.05, 4.69) is 15.9 Å². The molecule has 0 aromatic heterocycles. The summed E-state index contributed by atoms with van der Waals surface area (Å²) in [6.07, 6.45) is -6.74. The number of rotatable bonds is 3. The number of halogens is 6. The fourth-order valence-electron chi connectivity index (χ4n) is 2.37. The molecule has 3 rings (SSSR count). The van der Waals surface area contributed by atoms with Gasteiger partial charge in [0, 0.05) is 17.7 Å². The van der Waals surface area contributed by atoms with Crippen molar-refractivity contribution in [3.8, 4) is 17.2 Å². The molecule has 1 unspecified atom stereocenters. The highest BCUT2D eigenvalue weighted by molar-refractivity contribution is 9.10. The summed E-state index contributed by atoms with van der Waals surface area (Å²) in [6.45, 7) is 0. The lowest BCUT2D eigenvalue weighted by molar-refractivity contribution is -0.187. The van der Waals surface area contributed by atoms with Crippen molar-refractivity contribution >= 4 is 39.6 Å². The molecular formula is C17H8BrClF4O4. The van der Waals surface area contributed by atoms with Crippen LogP contribution in [0.1, 0.15) is 5.56 Å². The molecule has 1 aliphatic heterocycles. The van der Waals surface area contributed by atoms with Crippen molar-refractivity contribution in [2.45, 2.75) is 12.3 Å². The molecule has 0 radical (unpaired) electrons. The Labute approximate surface area is 163 Å². The predicted octanol–water partition coefficient (Wildman–Crippen LogP) is 5.83. The lowest BCUT2D eigenvalue weighted by atomic mass is 10.0. The van der Waals surface area contributed by atoms with Gasteiger partial charge in [0.2, 0.25) is 6.10 Å². The predicted molar refractivity (Wildman–Crippen MR) is 91.7 cm³/mol. The molecule has 2 aromatic rings. The summed E-state index contributed by atoms with van der Waals surface area (Å²) in [5, 5.41) is 9.00. The number of hydrogen-bond acceptors (Lipinski definition) is 3. The third kappa shape index (κ3) is 4.03. The Balaban J connectivity index is 2.04. The zero-order valence-corrected chi connectivity index (χ0v) is 15.3. The van der Waals surface area contributed by atoms with Gasteiger partial charge in [-0.3, -0.25) is 0 Å². The first kappa shape index (κ1) is 19.5. The monoisotopic (exact) mass is 466 g/mol. The molecule has 27 heavy (non-hydrogen) atoms. The number of carboxylic acid groups (broad SMARTS) is 1. The van der Waals surface area contributed by atoms with Gasteiger partial charge in [-0.2, -0.15) is 13.2 Å². The van der Waals surface area contributed by atoms with Crippen molar-refractivity contribution in [2.24, 2.45) is 0 Å². The minimum Gasteiger partial charge on any atom is -0.478 e. The smallest absolute Gasteiger partial charge is 0.430 e. The Morgan fingerprint density at radius 2 is 1.93 bits per heavy atom. The Bertz CT molecular complexity index is 959. The maximum absolute atomic E-state index is 13.4. The number of carbonyl (C=O) groups is 1. The highest BCUT2D eigenvalue weighted by Gasteiger charge is 2.48. The van der Waals surface area contributed by atoms with E-state index >= 15 is 0 Å². The van der Waals surface area contributed by atoms with Gasteiger partial charge in [-0.15, -0.1) is 0 Å². The summed E-state index contributed by atoms with van der Waals surface area (Å²) in [4.78, 5) is 11.1. The third-order valence-electron chi connectivity index (χ3n) is 3.56. The molecule has 0 spiro atoms. The molecule has 142 valence electrons. The number of hydrogen-bond donors (Lipinski definition) is 1. The van der Waals surface area contributed by atoms with E-state index in [1.807, 2.05) is 0 Å². The molecule has 0 saturated heterocycles. The quantitative estimate of drug-likeness (QED) is 0.578. The van der Waals surface area contributed by atoms with Gasteiger partial charge in [-0.1, -0.05) is 11.6 Å². The lowest BCUT2D eigenvalue weighted by Crippen LogP contribution is -2.40. The lowest BCUT2D eigenvalue weighted by Gasteiger charge is -2.27. The van der Waals surface area contributed by atoms with Crippen LogP contribution in [0.5, 0.6) is 17.2 Å². The largest absolute Gasteiger partial charge is 0.478 e. The molecule has 1 heterocycles. The minimum atomic E-state index is -4.94. The highest BCUT2D eigenvalue weighted by atomic mass is 79.9. The van der Waals surface area contributed by atoms with Gasteiger partial charge in [-0.05, 0) is 40.2 Å². The van der Waals surface area contributed by atoms with Crippen LogP contribution in [-0.4, -0.2) is 23.4 Å². The SMILES string of the molecule is O=C(O)C1=Cc2cc(Cl)c(Oc3cc(F)ccc3Br)cc2OC1C(F)(F)F. The van der Waals surface area contributed by atoms with Crippen LogP contribution in [-0.2, 0) is 4.79 Å². The Hall–Kier alpha value is -2.26. The van der Waals surface area contributed by atoms with Crippen LogP contribution < -0.4 is 9.47 Å². The molecule has 10 heteroatoms. The van der Waals surface area contributed by atoms with E-state index in [-0.39, 0.29) is 27.8 Å². The molecule has 0 amide bonds. The summed E-state index contributed by atoms with van der Waals surface area (Å²) in [7, 11) is 0. The second-order valence-electron chi connectivity index (χ2n) is 5.44. The van der Waals surface area contributed by atoms with E-state index in [0.717, 1.165) is 18.2 Å². The van der Waals surface area contributed by atoms with Gasteiger partial charge < -0.3 is 14.6 Å². The van der Waals surface area contributed by atoms with Crippen molar-refractivity contribution < 1.29 is 36.9 Å². The van der Waals surface area contributed by atoms with Crippen LogP contribution >= 0.6 is 27.5 Å². The maximum Gasteiger partial charge on any atom is 0.430 e. The number of aliphatic carboxylic acids is 1. The van der Waals surface area contributed by atoms with E-state index in [1.165, 1.54) is 18.2 Å². The second kappa shape index (κ2) is 7.05. The standard InChI is InChI=1S/C17H8BrClF4O4/c18-10-2-1-8(20)5-13(10)26-14-6-12-7(4-11(14)19)3-9(16(24)25)15(27-12)17(21,22)23/h1-6,15H,(H,24,25). The van der Waals surface area contributed by atoms with Gasteiger partial charge in [0.25, 0.3) is 0 Å². The van der Waals surface area contributed by atoms with Crippen LogP contribution in [0, 0.1) is 5.82 Å². The third-order valence-corrected chi connectivity index (χ3v) is 4.51. The summed E-state index contributed by atoms with van der Waals surface area (Å²) in [6, 6.07) is 5.91. The molecule has 0 saturated carbocycles. The molecule has 1 atom stereocenters.